The first-order valence-corrected chi connectivity index (χ1v) is 10.8. The molecule has 9 heteroatoms. The van der Waals surface area contributed by atoms with Gasteiger partial charge in [0.25, 0.3) is 11.8 Å². The molecule has 1 heterocycles. The van der Waals surface area contributed by atoms with Gasteiger partial charge in [0.15, 0.2) is 5.69 Å². The Hall–Kier alpha value is -3.88. The number of amides is 2. The third-order valence-electron chi connectivity index (χ3n) is 5.98. The molecule has 2 amide bonds. The summed E-state index contributed by atoms with van der Waals surface area (Å²) < 4.78 is 20.0. The van der Waals surface area contributed by atoms with Gasteiger partial charge in [-0.2, -0.15) is 0 Å². The predicted octanol–water partition coefficient (Wildman–Crippen LogP) is 3.10. The van der Waals surface area contributed by atoms with Gasteiger partial charge in [-0.25, -0.2) is 14.1 Å². The van der Waals surface area contributed by atoms with Crippen LogP contribution in [-0.2, 0) is 6.54 Å². The molecule has 0 radical (unpaired) electrons. The molecular weight excluding hydrogens is 425 g/mol. The van der Waals surface area contributed by atoms with Crippen LogP contribution in [0, 0.1) is 5.82 Å². The maximum Gasteiger partial charge on any atom is 0.269 e. The van der Waals surface area contributed by atoms with Gasteiger partial charge in [-0.1, -0.05) is 37.1 Å². The van der Waals surface area contributed by atoms with E-state index in [4.69, 9.17) is 16.3 Å². The number of rotatable bonds is 7. The van der Waals surface area contributed by atoms with Gasteiger partial charge < -0.3 is 21.6 Å². The van der Waals surface area contributed by atoms with Crippen LogP contribution in [0.25, 0.3) is 11.3 Å². The molecule has 1 aliphatic carbocycles. The van der Waals surface area contributed by atoms with Crippen molar-refractivity contribution in [3.05, 3.63) is 70.9 Å². The van der Waals surface area contributed by atoms with Crippen molar-refractivity contribution >= 4 is 11.8 Å². The fourth-order valence-electron chi connectivity index (χ4n) is 4.27. The Labute approximate surface area is 190 Å². The number of hydrogen-bond donors (Lipinski definition) is 3. The minimum Gasteiger partial charge on any atom is -0.496 e. The highest BCUT2D eigenvalue weighted by molar-refractivity contribution is 5.98. The van der Waals surface area contributed by atoms with Crippen molar-refractivity contribution in [3.8, 4) is 17.0 Å². The molecular formula is C24H26FN5O3. The van der Waals surface area contributed by atoms with Crippen LogP contribution in [0.1, 0.15) is 63.8 Å². The van der Waals surface area contributed by atoms with Crippen LogP contribution in [0.5, 0.6) is 5.75 Å². The van der Waals surface area contributed by atoms with Crippen LogP contribution in [-0.4, -0.2) is 28.6 Å². The zero-order valence-corrected chi connectivity index (χ0v) is 18.3. The highest BCUT2D eigenvalue weighted by Gasteiger charge is 2.28. The molecule has 0 bridgehead atoms. The number of nitrogens with zero attached hydrogens (tertiary/aromatic N) is 2. The average Bonchev–Trinajstić information content (AvgIpc) is 3.45. The summed E-state index contributed by atoms with van der Waals surface area (Å²) in [5, 5.41) is 2.76. The number of benzene rings is 2. The molecule has 172 valence electrons. The largest absolute Gasteiger partial charge is 0.496 e. The maximum absolute atomic E-state index is 13.5. The van der Waals surface area contributed by atoms with Crippen LogP contribution in [0.15, 0.2) is 42.5 Å². The summed E-state index contributed by atoms with van der Waals surface area (Å²) in [4.78, 5) is 29.3. The molecule has 1 fully saturated rings. The van der Waals surface area contributed by atoms with Crippen molar-refractivity contribution in [2.45, 2.75) is 38.1 Å². The van der Waals surface area contributed by atoms with Crippen molar-refractivity contribution in [2.24, 2.45) is 5.73 Å². The highest BCUT2D eigenvalue weighted by Crippen LogP contribution is 2.35. The molecule has 0 unspecified atom stereocenters. The summed E-state index contributed by atoms with van der Waals surface area (Å²) in [6.45, 7) is 0.222. The fraction of sp³-hybridized carbons (Fsp3) is 0.292. The average molecular weight is 452 g/mol. The Morgan fingerprint density at radius 3 is 2.52 bits per heavy atom. The highest BCUT2D eigenvalue weighted by atomic mass is 19.1. The summed E-state index contributed by atoms with van der Waals surface area (Å²) in [5.41, 5.74) is 7.86. The minimum atomic E-state index is -0.635. The monoisotopic (exact) mass is 451 g/mol. The van der Waals surface area contributed by atoms with Crippen LogP contribution in [0.2, 0.25) is 0 Å². The molecule has 1 aliphatic rings. The second-order valence-corrected chi connectivity index (χ2v) is 8.11. The number of imidazole rings is 1. The van der Waals surface area contributed by atoms with E-state index in [1.807, 2.05) is 12.1 Å². The Balaban J connectivity index is 1.52. The summed E-state index contributed by atoms with van der Waals surface area (Å²) in [6.07, 6.45) is 4.20. The summed E-state index contributed by atoms with van der Waals surface area (Å²) in [5.74, 6) is 5.77. The Kier molecular flexibility index (Phi) is 6.30. The Morgan fingerprint density at radius 2 is 1.88 bits per heavy atom. The molecule has 0 aliphatic heterocycles. The molecule has 8 nitrogen and oxygen atoms in total. The second kappa shape index (κ2) is 9.32. The van der Waals surface area contributed by atoms with Crippen LogP contribution in [0.3, 0.4) is 0 Å². The molecule has 1 saturated carbocycles. The van der Waals surface area contributed by atoms with E-state index in [0.717, 1.165) is 37.3 Å². The maximum atomic E-state index is 13.5. The van der Waals surface area contributed by atoms with E-state index in [9.17, 15) is 14.0 Å². The van der Waals surface area contributed by atoms with Crippen molar-refractivity contribution in [2.75, 3.05) is 13.0 Å². The normalized spacial score (nSPS) is 13.8. The van der Waals surface area contributed by atoms with E-state index in [1.165, 1.54) is 23.9 Å². The summed E-state index contributed by atoms with van der Waals surface area (Å²) >= 11 is 0. The van der Waals surface area contributed by atoms with Crippen molar-refractivity contribution in [1.82, 2.24) is 15.0 Å². The van der Waals surface area contributed by atoms with E-state index in [1.54, 1.807) is 12.1 Å². The van der Waals surface area contributed by atoms with Gasteiger partial charge in [0, 0.05) is 18.0 Å². The SMILES string of the molecule is COc1ccc(F)cc1C(=O)NCc1ccc(-c2nc(C3CCCC3)n(N)c2C(N)=O)cc1. The molecule has 0 spiro atoms. The third-order valence-corrected chi connectivity index (χ3v) is 5.98. The molecule has 4 rings (SSSR count). The van der Waals surface area contributed by atoms with Gasteiger partial charge >= 0.3 is 0 Å². The number of halogens is 1. The van der Waals surface area contributed by atoms with Gasteiger partial charge in [0.1, 0.15) is 23.1 Å². The predicted molar refractivity (Wildman–Crippen MR) is 122 cm³/mol. The van der Waals surface area contributed by atoms with Crippen molar-refractivity contribution in [3.63, 3.8) is 0 Å². The lowest BCUT2D eigenvalue weighted by Gasteiger charge is -2.10. The van der Waals surface area contributed by atoms with Gasteiger partial charge in [0.2, 0.25) is 0 Å². The number of carbonyl (C=O) groups excluding carboxylic acids is 2. The van der Waals surface area contributed by atoms with E-state index >= 15 is 0 Å². The topological polar surface area (TPSA) is 125 Å². The second-order valence-electron chi connectivity index (χ2n) is 8.11. The fourth-order valence-corrected chi connectivity index (χ4v) is 4.27. The quantitative estimate of drug-likeness (QED) is 0.476. The van der Waals surface area contributed by atoms with Gasteiger partial charge in [0.05, 0.1) is 12.7 Å². The van der Waals surface area contributed by atoms with Gasteiger partial charge in [-0.15, -0.1) is 0 Å². The first-order chi connectivity index (χ1) is 15.9. The number of methoxy groups -OCH3 is 1. The van der Waals surface area contributed by atoms with E-state index in [-0.39, 0.29) is 23.7 Å². The third kappa shape index (κ3) is 4.52. The molecule has 3 aromatic rings. The molecule has 0 atom stereocenters. The molecule has 2 aromatic carbocycles. The number of nitrogens with two attached hydrogens (primary N) is 2. The number of primary amides is 1. The Morgan fingerprint density at radius 1 is 1.18 bits per heavy atom. The minimum absolute atomic E-state index is 0.119. The number of nitrogens with one attached hydrogen (secondary N) is 1. The van der Waals surface area contributed by atoms with Gasteiger partial charge in [-0.3, -0.25) is 9.59 Å². The zero-order valence-electron chi connectivity index (χ0n) is 18.3. The Bertz CT molecular complexity index is 1180. The van der Waals surface area contributed by atoms with Gasteiger partial charge in [-0.05, 0) is 36.6 Å². The lowest BCUT2D eigenvalue weighted by Crippen LogP contribution is -2.24. The standard InChI is InChI=1S/C24H26FN5O3/c1-33-19-11-10-17(25)12-18(19)24(32)28-13-14-6-8-15(9-7-14)20-21(22(26)31)30(27)23(29-20)16-4-2-3-5-16/h6-12,16H,2-5,13,27H2,1H3,(H2,26,31)(H,28,32). The van der Waals surface area contributed by atoms with E-state index < -0.39 is 17.6 Å². The zero-order chi connectivity index (χ0) is 23.5. The first-order valence-electron chi connectivity index (χ1n) is 10.8. The smallest absolute Gasteiger partial charge is 0.269 e. The molecule has 1 aromatic heterocycles. The number of aromatic nitrogens is 2. The summed E-state index contributed by atoms with van der Waals surface area (Å²) in [7, 11) is 1.42. The number of carbonyl (C=O) groups is 2. The lowest BCUT2D eigenvalue weighted by atomic mass is 10.1. The number of nitrogen functional groups attached to an aromatic ring is 1. The van der Waals surface area contributed by atoms with Crippen molar-refractivity contribution in [1.29, 1.82) is 0 Å². The van der Waals surface area contributed by atoms with E-state index in [2.05, 4.69) is 10.3 Å². The van der Waals surface area contributed by atoms with Crippen LogP contribution >= 0.6 is 0 Å². The molecule has 33 heavy (non-hydrogen) atoms. The first kappa shape index (κ1) is 22.3. The lowest BCUT2D eigenvalue weighted by molar-refractivity contribution is 0.0946. The number of hydrogen-bond acceptors (Lipinski definition) is 5. The molecule has 5 N–H and O–H groups in total. The van der Waals surface area contributed by atoms with Crippen LogP contribution < -0.4 is 21.6 Å². The van der Waals surface area contributed by atoms with Crippen molar-refractivity contribution < 1.29 is 18.7 Å². The summed E-state index contributed by atoms with van der Waals surface area (Å²) in [6, 6.07) is 11.0. The molecule has 0 saturated heterocycles. The number of ether oxygens (including phenoxy) is 1. The van der Waals surface area contributed by atoms with E-state index in [0.29, 0.717) is 22.8 Å². The van der Waals surface area contributed by atoms with Crippen LogP contribution in [0.4, 0.5) is 4.39 Å².